The van der Waals surface area contributed by atoms with Crippen LogP contribution in [0, 0.1) is 13.8 Å². The van der Waals surface area contributed by atoms with Crippen molar-refractivity contribution in [2.45, 2.75) is 32.6 Å². The molecule has 30 heavy (non-hydrogen) atoms. The van der Waals surface area contributed by atoms with Crippen molar-refractivity contribution < 1.29 is 0 Å². The van der Waals surface area contributed by atoms with E-state index in [4.69, 9.17) is 10.7 Å². The first-order chi connectivity index (χ1) is 14.5. The number of amidine groups is 1. The van der Waals surface area contributed by atoms with Crippen molar-refractivity contribution in [3.05, 3.63) is 69.8 Å². The average Bonchev–Trinajstić information content (AvgIpc) is 3.13. The molecule has 8 heteroatoms. The molecule has 0 spiro atoms. The number of nitrogens with zero attached hydrogens (tertiary/aromatic N) is 6. The first-order valence-electron chi connectivity index (χ1n) is 9.75. The van der Waals surface area contributed by atoms with Gasteiger partial charge in [0.2, 0.25) is 0 Å². The minimum absolute atomic E-state index is 0.0803. The highest BCUT2D eigenvalue weighted by molar-refractivity contribution is 5.96. The molecule has 2 N–H and O–H groups in total. The molecule has 2 aromatic carbocycles. The summed E-state index contributed by atoms with van der Waals surface area (Å²) in [6.07, 6.45) is 2.90. The third-order valence-corrected chi connectivity index (χ3v) is 5.58. The number of para-hydroxylation sites is 1. The van der Waals surface area contributed by atoms with Gasteiger partial charge in [0.25, 0.3) is 5.56 Å². The SMILES string of the molecule is Cc1ccccc1-n1c(CN2C=NC3C(N)=NC=NC32)nc2cccc(C)c2c1=O. The van der Waals surface area contributed by atoms with E-state index in [2.05, 4.69) is 15.0 Å². The number of nitrogens with two attached hydrogens (primary N) is 1. The normalized spacial score (nSPS) is 19.9. The molecule has 0 aliphatic carbocycles. The lowest BCUT2D eigenvalue weighted by Gasteiger charge is -2.26. The van der Waals surface area contributed by atoms with E-state index < -0.39 is 0 Å². The van der Waals surface area contributed by atoms with Crippen LogP contribution in [0.4, 0.5) is 0 Å². The molecule has 0 amide bonds. The van der Waals surface area contributed by atoms with Crippen LogP contribution < -0.4 is 11.3 Å². The molecule has 8 nitrogen and oxygen atoms in total. The summed E-state index contributed by atoms with van der Waals surface area (Å²) in [7, 11) is 0. The van der Waals surface area contributed by atoms with Crippen LogP contribution in [-0.4, -0.2) is 45.2 Å². The van der Waals surface area contributed by atoms with E-state index in [1.807, 2.05) is 61.2 Å². The molecule has 0 radical (unpaired) electrons. The Morgan fingerprint density at radius 2 is 1.83 bits per heavy atom. The number of aromatic nitrogens is 2. The summed E-state index contributed by atoms with van der Waals surface area (Å²) >= 11 is 0. The van der Waals surface area contributed by atoms with Crippen molar-refractivity contribution in [2.24, 2.45) is 20.7 Å². The Bertz CT molecular complexity index is 1300. The van der Waals surface area contributed by atoms with Crippen molar-refractivity contribution >= 4 is 29.4 Å². The number of fused-ring (bicyclic) bond motifs is 2. The van der Waals surface area contributed by atoms with Gasteiger partial charge in [-0.3, -0.25) is 14.4 Å². The zero-order valence-electron chi connectivity index (χ0n) is 16.7. The third-order valence-electron chi connectivity index (χ3n) is 5.58. The lowest BCUT2D eigenvalue weighted by Crippen LogP contribution is -2.44. The average molecular weight is 399 g/mol. The van der Waals surface area contributed by atoms with Crippen LogP contribution in [0.1, 0.15) is 17.0 Å². The lowest BCUT2D eigenvalue weighted by atomic mass is 10.1. The number of hydrogen-bond donors (Lipinski definition) is 1. The first kappa shape index (κ1) is 18.2. The monoisotopic (exact) mass is 399 g/mol. The predicted octanol–water partition coefficient (Wildman–Crippen LogP) is 1.94. The minimum Gasteiger partial charge on any atom is -0.385 e. The van der Waals surface area contributed by atoms with Crippen LogP contribution >= 0.6 is 0 Å². The predicted molar refractivity (Wildman–Crippen MR) is 119 cm³/mol. The van der Waals surface area contributed by atoms with Crippen LogP contribution in [0.3, 0.4) is 0 Å². The van der Waals surface area contributed by atoms with Gasteiger partial charge in [0.1, 0.15) is 24.0 Å². The summed E-state index contributed by atoms with van der Waals surface area (Å²) in [4.78, 5) is 33.4. The van der Waals surface area contributed by atoms with Crippen molar-refractivity contribution in [3.63, 3.8) is 0 Å². The van der Waals surface area contributed by atoms with E-state index in [1.54, 1.807) is 10.9 Å². The minimum atomic E-state index is -0.309. The van der Waals surface area contributed by atoms with Gasteiger partial charge < -0.3 is 10.6 Å². The van der Waals surface area contributed by atoms with E-state index in [-0.39, 0.29) is 17.8 Å². The van der Waals surface area contributed by atoms with E-state index in [0.29, 0.717) is 29.1 Å². The smallest absolute Gasteiger partial charge is 0.266 e. The molecule has 0 saturated heterocycles. The van der Waals surface area contributed by atoms with E-state index in [0.717, 1.165) is 16.8 Å². The van der Waals surface area contributed by atoms with Crippen LogP contribution in [0.15, 0.2) is 62.2 Å². The van der Waals surface area contributed by atoms with E-state index >= 15 is 0 Å². The second-order valence-electron chi connectivity index (χ2n) is 7.54. The van der Waals surface area contributed by atoms with Crippen molar-refractivity contribution in [2.75, 3.05) is 0 Å². The number of aryl methyl sites for hydroxylation is 2. The summed E-state index contributed by atoms with van der Waals surface area (Å²) in [5.41, 5.74) is 9.30. The van der Waals surface area contributed by atoms with Gasteiger partial charge in [-0.15, -0.1) is 0 Å². The van der Waals surface area contributed by atoms with Gasteiger partial charge >= 0.3 is 0 Å². The summed E-state index contributed by atoms with van der Waals surface area (Å²) in [5.74, 6) is 1.06. The Kier molecular flexibility index (Phi) is 4.20. The maximum Gasteiger partial charge on any atom is 0.266 e. The molecule has 5 rings (SSSR count). The molecule has 3 aromatic rings. The molecule has 2 unspecified atom stereocenters. The molecule has 2 aliphatic heterocycles. The van der Waals surface area contributed by atoms with Gasteiger partial charge in [0, 0.05) is 0 Å². The maximum atomic E-state index is 13.6. The third kappa shape index (κ3) is 2.80. The van der Waals surface area contributed by atoms with Gasteiger partial charge in [0.05, 0.1) is 29.5 Å². The molecular formula is C22H21N7O. The second kappa shape index (κ2) is 6.91. The van der Waals surface area contributed by atoms with Gasteiger partial charge in [-0.1, -0.05) is 30.3 Å². The first-order valence-corrected chi connectivity index (χ1v) is 9.75. The fraction of sp³-hybridized carbons (Fsp3) is 0.227. The van der Waals surface area contributed by atoms with E-state index in [9.17, 15) is 4.79 Å². The fourth-order valence-corrected chi connectivity index (χ4v) is 4.03. The van der Waals surface area contributed by atoms with Crippen molar-refractivity contribution in [3.8, 4) is 5.69 Å². The molecule has 0 saturated carbocycles. The van der Waals surface area contributed by atoms with Gasteiger partial charge in [-0.2, -0.15) is 0 Å². The number of aliphatic imine (C=N–C) groups is 3. The lowest BCUT2D eigenvalue weighted by molar-refractivity contribution is 0.325. The Hall–Kier alpha value is -3.81. The molecule has 1 aromatic heterocycles. The summed E-state index contributed by atoms with van der Waals surface area (Å²) in [6, 6.07) is 13.2. The number of rotatable bonds is 3. The Balaban J connectivity index is 1.68. The molecular weight excluding hydrogens is 378 g/mol. The van der Waals surface area contributed by atoms with Gasteiger partial charge in [-0.25, -0.2) is 15.0 Å². The van der Waals surface area contributed by atoms with Gasteiger partial charge in [0.15, 0.2) is 6.17 Å². The second-order valence-corrected chi connectivity index (χ2v) is 7.54. The number of benzene rings is 2. The fourth-order valence-electron chi connectivity index (χ4n) is 4.03. The van der Waals surface area contributed by atoms with E-state index in [1.165, 1.54) is 6.34 Å². The highest BCUT2D eigenvalue weighted by Crippen LogP contribution is 2.23. The van der Waals surface area contributed by atoms with Crippen LogP contribution in [-0.2, 0) is 6.54 Å². The summed E-state index contributed by atoms with van der Waals surface area (Å²) in [5, 5.41) is 0.629. The zero-order valence-corrected chi connectivity index (χ0v) is 16.7. The Morgan fingerprint density at radius 3 is 2.67 bits per heavy atom. The Morgan fingerprint density at radius 1 is 1.03 bits per heavy atom. The molecule has 0 fully saturated rings. The molecule has 0 bridgehead atoms. The molecule has 3 heterocycles. The quantitative estimate of drug-likeness (QED) is 0.727. The highest BCUT2D eigenvalue weighted by atomic mass is 16.1. The topological polar surface area (TPSA) is 101 Å². The summed E-state index contributed by atoms with van der Waals surface area (Å²) in [6.45, 7) is 4.29. The van der Waals surface area contributed by atoms with Crippen LogP contribution in [0.5, 0.6) is 0 Å². The molecule has 2 aliphatic rings. The van der Waals surface area contributed by atoms with Crippen LogP contribution in [0.25, 0.3) is 16.6 Å². The Labute approximate surface area is 173 Å². The standard InChI is InChI=1S/C22H21N7O/c1-13-6-3-4-9-16(13)29-17(27-15-8-5-7-14(2)18(15)22(29)30)10-28-12-26-19-20(23)24-11-25-21(19)28/h3-9,11-12,19,21H,10H2,1-2H3,(H2,23,24,25). The number of hydrogen-bond acceptors (Lipinski definition) is 7. The van der Waals surface area contributed by atoms with Crippen molar-refractivity contribution in [1.82, 2.24) is 14.5 Å². The molecule has 150 valence electrons. The van der Waals surface area contributed by atoms with Crippen molar-refractivity contribution in [1.29, 1.82) is 0 Å². The zero-order chi connectivity index (χ0) is 20.8. The molecule has 2 atom stereocenters. The largest absolute Gasteiger partial charge is 0.385 e. The summed E-state index contributed by atoms with van der Waals surface area (Å²) < 4.78 is 1.70. The highest BCUT2D eigenvalue weighted by Gasteiger charge is 2.35. The van der Waals surface area contributed by atoms with Gasteiger partial charge in [-0.05, 0) is 37.1 Å². The maximum absolute atomic E-state index is 13.6. The van der Waals surface area contributed by atoms with Crippen LogP contribution in [0.2, 0.25) is 0 Å².